The molecule has 1 aromatic carbocycles. The van der Waals surface area contributed by atoms with Crippen molar-refractivity contribution in [3.63, 3.8) is 0 Å². The monoisotopic (exact) mass is 241 g/mol. The van der Waals surface area contributed by atoms with Crippen LogP contribution in [0.15, 0.2) is 29.2 Å². The first-order chi connectivity index (χ1) is 7.43. The van der Waals surface area contributed by atoms with Gasteiger partial charge in [0.2, 0.25) is 5.91 Å². The Labute approximate surface area is 94.7 Å². The van der Waals surface area contributed by atoms with Crippen LogP contribution in [0.25, 0.3) is 0 Å². The van der Waals surface area contributed by atoms with Crippen LogP contribution >= 0.6 is 0 Å². The van der Waals surface area contributed by atoms with Crippen molar-refractivity contribution >= 4 is 21.6 Å². The number of carbonyl (C=O) groups excluding carboxylic acids is 1. The molecule has 16 heavy (non-hydrogen) atoms. The lowest BCUT2D eigenvalue weighted by molar-refractivity contribution is -0.116. The Kier molecular flexibility index (Phi) is 4.03. The van der Waals surface area contributed by atoms with E-state index in [2.05, 4.69) is 5.32 Å². The third-order valence-electron chi connectivity index (χ3n) is 1.93. The summed E-state index contributed by atoms with van der Waals surface area (Å²) < 4.78 is 21.7. The van der Waals surface area contributed by atoms with Gasteiger partial charge in [-0.15, -0.1) is 5.14 Å². The third kappa shape index (κ3) is 3.63. The summed E-state index contributed by atoms with van der Waals surface area (Å²) in [5.41, 5.74) is 0.533. The summed E-state index contributed by atoms with van der Waals surface area (Å²) in [4.78, 5) is 11.1. The third-order valence-corrected chi connectivity index (χ3v) is 2.82. The molecule has 0 aliphatic heterocycles. The van der Waals surface area contributed by atoms with Gasteiger partial charge in [0, 0.05) is 12.1 Å². The minimum Gasteiger partial charge on any atom is -0.326 e. The summed E-state index contributed by atoms with van der Waals surface area (Å²) in [6, 6.07) is 5.53. The van der Waals surface area contributed by atoms with Gasteiger partial charge < -0.3 is 5.32 Å². The molecule has 0 fully saturated rings. The zero-order chi connectivity index (χ0) is 12.2. The van der Waals surface area contributed by atoms with E-state index in [9.17, 15) is 13.2 Å². The molecule has 0 spiro atoms. The van der Waals surface area contributed by atoms with Gasteiger partial charge in [0.05, 0.1) is 4.90 Å². The van der Waals surface area contributed by atoms with Crippen LogP contribution in [-0.4, -0.2) is 14.3 Å². The molecule has 0 atom stereocenters. The second-order valence-corrected chi connectivity index (χ2v) is 4.80. The van der Waals surface area contributed by atoms with Crippen LogP contribution in [0.2, 0.25) is 0 Å². The summed E-state index contributed by atoms with van der Waals surface area (Å²) >= 11 is 0. The Bertz CT molecular complexity index is 465. The standard InChI is InChI=1S/C10H13N2O3S/c1-2-3-10(13)12-8-4-6-9(7-5-8)16(11,14)15/h4-7,11H,2-3H2,1H3,(H,12,13). The van der Waals surface area contributed by atoms with E-state index in [4.69, 9.17) is 5.14 Å². The van der Waals surface area contributed by atoms with E-state index >= 15 is 0 Å². The Morgan fingerprint density at radius 1 is 1.31 bits per heavy atom. The van der Waals surface area contributed by atoms with Crippen molar-refractivity contribution in [2.24, 2.45) is 0 Å². The van der Waals surface area contributed by atoms with E-state index in [0.29, 0.717) is 12.1 Å². The first-order valence-electron chi connectivity index (χ1n) is 4.83. The molecular weight excluding hydrogens is 228 g/mol. The van der Waals surface area contributed by atoms with E-state index in [1.807, 2.05) is 6.92 Å². The highest BCUT2D eigenvalue weighted by molar-refractivity contribution is 7.88. The number of sulfonamides is 1. The van der Waals surface area contributed by atoms with Crippen LogP contribution in [0.4, 0.5) is 5.69 Å². The molecule has 1 aromatic rings. The van der Waals surface area contributed by atoms with Crippen molar-refractivity contribution in [2.75, 3.05) is 5.32 Å². The molecule has 87 valence electrons. The maximum absolute atomic E-state index is 11.2. The van der Waals surface area contributed by atoms with E-state index in [-0.39, 0.29) is 10.8 Å². The van der Waals surface area contributed by atoms with Gasteiger partial charge in [0.1, 0.15) is 0 Å². The fourth-order valence-corrected chi connectivity index (χ4v) is 1.66. The first kappa shape index (κ1) is 12.7. The zero-order valence-electron chi connectivity index (χ0n) is 8.86. The van der Waals surface area contributed by atoms with Crippen molar-refractivity contribution in [1.29, 1.82) is 0 Å². The molecule has 6 heteroatoms. The van der Waals surface area contributed by atoms with Gasteiger partial charge in [-0.2, -0.15) is 0 Å². The van der Waals surface area contributed by atoms with Crippen LogP contribution in [0, 0.1) is 0 Å². The molecule has 0 saturated carbocycles. The highest BCUT2D eigenvalue weighted by Crippen LogP contribution is 2.13. The molecular formula is C10H13N2O3S. The quantitative estimate of drug-likeness (QED) is 0.864. The molecule has 0 bridgehead atoms. The fraction of sp³-hybridized carbons (Fsp3) is 0.300. The van der Waals surface area contributed by atoms with Crippen molar-refractivity contribution in [1.82, 2.24) is 5.14 Å². The van der Waals surface area contributed by atoms with Crippen molar-refractivity contribution in [2.45, 2.75) is 24.7 Å². The van der Waals surface area contributed by atoms with E-state index < -0.39 is 10.0 Å². The smallest absolute Gasteiger partial charge is 0.254 e. The van der Waals surface area contributed by atoms with Crippen molar-refractivity contribution < 1.29 is 13.2 Å². The van der Waals surface area contributed by atoms with Gasteiger partial charge in [-0.3, -0.25) is 4.79 Å². The fourth-order valence-electron chi connectivity index (χ4n) is 1.17. The largest absolute Gasteiger partial charge is 0.326 e. The first-order valence-corrected chi connectivity index (χ1v) is 6.31. The molecule has 2 N–H and O–H groups in total. The maximum Gasteiger partial charge on any atom is 0.254 e. The topological polar surface area (TPSA) is 87.0 Å². The van der Waals surface area contributed by atoms with Crippen LogP contribution in [0.1, 0.15) is 19.8 Å². The number of amides is 1. The highest BCUT2D eigenvalue weighted by Gasteiger charge is 2.08. The Hall–Kier alpha value is -1.40. The van der Waals surface area contributed by atoms with Gasteiger partial charge in [-0.1, -0.05) is 6.92 Å². The van der Waals surface area contributed by atoms with E-state index in [1.54, 1.807) is 0 Å². The Morgan fingerprint density at radius 3 is 2.31 bits per heavy atom. The number of benzene rings is 1. The number of anilines is 1. The van der Waals surface area contributed by atoms with Crippen LogP contribution in [-0.2, 0) is 14.8 Å². The van der Waals surface area contributed by atoms with Crippen LogP contribution in [0.3, 0.4) is 0 Å². The molecule has 0 saturated heterocycles. The summed E-state index contributed by atoms with van der Waals surface area (Å²) in [7, 11) is -3.92. The predicted molar refractivity (Wildman–Crippen MR) is 60.3 cm³/mol. The zero-order valence-corrected chi connectivity index (χ0v) is 9.67. The summed E-state index contributed by atoms with van der Waals surface area (Å²) in [6.07, 6.45) is 1.18. The molecule has 0 aliphatic rings. The normalized spacial score (nSPS) is 11.1. The number of nitrogens with one attached hydrogen (secondary N) is 2. The summed E-state index contributed by atoms with van der Waals surface area (Å²) in [5.74, 6) is -0.107. The lowest BCUT2D eigenvalue weighted by Gasteiger charge is -2.04. The number of hydrogen-bond acceptors (Lipinski definition) is 3. The van der Waals surface area contributed by atoms with Gasteiger partial charge in [0.15, 0.2) is 0 Å². The maximum atomic E-state index is 11.2. The number of hydrogen-bond donors (Lipinski definition) is 1. The average Bonchev–Trinajstić information content (AvgIpc) is 2.17. The predicted octanol–water partition coefficient (Wildman–Crippen LogP) is 1.40. The molecule has 1 amide bonds. The second-order valence-electron chi connectivity index (χ2n) is 3.33. The van der Waals surface area contributed by atoms with Crippen molar-refractivity contribution in [3.05, 3.63) is 24.3 Å². The lowest BCUT2D eigenvalue weighted by atomic mass is 10.3. The number of rotatable bonds is 4. The highest BCUT2D eigenvalue weighted by atomic mass is 32.2. The minimum absolute atomic E-state index is 0.0824. The Morgan fingerprint density at radius 2 is 1.88 bits per heavy atom. The molecule has 0 unspecified atom stereocenters. The minimum atomic E-state index is -3.92. The van der Waals surface area contributed by atoms with E-state index in [0.717, 1.165) is 6.42 Å². The summed E-state index contributed by atoms with van der Waals surface area (Å²) in [6.45, 7) is 1.90. The molecule has 5 nitrogen and oxygen atoms in total. The van der Waals surface area contributed by atoms with Gasteiger partial charge in [0.25, 0.3) is 10.0 Å². The molecule has 0 aliphatic carbocycles. The lowest BCUT2D eigenvalue weighted by Crippen LogP contribution is -2.10. The van der Waals surface area contributed by atoms with E-state index in [1.165, 1.54) is 24.3 Å². The molecule has 1 radical (unpaired) electrons. The molecule has 0 heterocycles. The average molecular weight is 241 g/mol. The van der Waals surface area contributed by atoms with Crippen LogP contribution in [0.5, 0.6) is 0 Å². The van der Waals surface area contributed by atoms with Gasteiger partial charge in [-0.05, 0) is 30.7 Å². The Balaban J connectivity index is 2.76. The SMILES string of the molecule is CCCC(=O)Nc1ccc(S([NH])(=O)=O)cc1. The van der Waals surface area contributed by atoms with Gasteiger partial charge in [-0.25, -0.2) is 8.42 Å². The molecule has 0 aromatic heterocycles. The molecule has 1 rings (SSSR count). The number of carbonyl (C=O) groups is 1. The second kappa shape index (κ2) is 5.09. The van der Waals surface area contributed by atoms with Gasteiger partial charge >= 0.3 is 0 Å². The summed E-state index contributed by atoms with van der Waals surface area (Å²) in [5, 5.41) is 9.46. The van der Waals surface area contributed by atoms with Crippen molar-refractivity contribution in [3.8, 4) is 0 Å². The van der Waals surface area contributed by atoms with Crippen LogP contribution < -0.4 is 10.5 Å².